The van der Waals surface area contributed by atoms with Crippen LogP contribution in [0.15, 0.2) is 11.7 Å². The van der Waals surface area contributed by atoms with Gasteiger partial charge < -0.3 is 20.1 Å². The molecule has 0 fully saturated rings. The lowest BCUT2D eigenvalue weighted by Gasteiger charge is -2.19. The molecule has 0 saturated heterocycles. The average Bonchev–Trinajstić information content (AvgIpc) is 2.91. The van der Waals surface area contributed by atoms with Crippen LogP contribution in [0.2, 0.25) is 0 Å². The van der Waals surface area contributed by atoms with Gasteiger partial charge in [0.15, 0.2) is 0 Å². The summed E-state index contributed by atoms with van der Waals surface area (Å²) in [5.41, 5.74) is 1.20. The predicted octanol–water partition coefficient (Wildman–Crippen LogP) is 2.67. The topological polar surface area (TPSA) is 89.6 Å². The molecule has 8 heteroatoms. The number of thiazole rings is 1. The highest BCUT2D eigenvalue weighted by atomic mass is 32.1. The first kappa shape index (κ1) is 18.2. The van der Waals surface area contributed by atoms with E-state index < -0.39 is 17.8 Å². The van der Waals surface area contributed by atoms with Crippen molar-refractivity contribution in [3.63, 3.8) is 0 Å². The lowest BCUT2D eigenvalue weighted by molar-refractivity contribution is 0.0526. The molecule has 0 aliphatic carbocycles. The molecule has 124 valence electrons. The van der Waals surface area contributed by atoms with Crippen LogP contribution in [0.4, 0.5) is 9.59 Å². The first-order valence-corrected chi connectivity index (χ1v) is 7.99. The van der Waals surface area contributed by atoms with Crippen molar-refractivity contribution in [1.29, 1.82) is 0 Å². The normalized spacial score (nSPS) is 10.9. The number of amides is 2. The van der Waals surface area contributed by atoms with E-state index in [0.717, 1.165) is 17.7 Å². The summed E-state index contributed by atoms with van der Waals surface area (Å²) in [4.78, 5) is 27.6. The van der Waals surface area contributed by atoms with E-state index >= 15 is 0 Å². The molecule has 0 aromatic carbocycles. The van der Waals surface area contributed by atoms with Gasteiger partial charge in [-0.2, -0.15) is 0 Å². The summed E-state index contributed by atoms with van der Waals surface area (Å²) >= 11 is 1.44. The van der Waals surface area contributed by atoms with Crippen molar-refractivity contribution in [1.82, 2.24) is 15.6 Å². The Labute approximate surface area is 134 Å². The van der Waals surface area contributed by atoms with E-state index in [-0.39, 0.29) is 6.61 Å². The molecule has 0 radical (unpaired) electrons. The summed E-state index contributed by atoms with van der Waals surface area (Å²) in [7, 11) is 0. The molecule has 0 aliphatic rings. The third-order valence-corrected chi connectivity index (χ3v) is 3.12. The number of carbonyl (C=O) groups is 2. The van der Waals surface area contributed by atoms with E-state index in [2.05, 4.69) is 15.6 Å². The SMILES string of the molecule is CC(C)(C)OC(=O)NCCCCNC(=O)OCc1cncs1. The zero-order valence-corrected chi connectivity index (χ0v) is 14.0. The summed E-state index contributed by atoms with van der Waals surface area (Å²) in [6.45, 7) is 6.68. The second-order valence-corrected chi connectivity index (χ2v) is 6.58. The van der Waals surface area contributed by atoms with Crippen LogP contribution in [0.25, 0.3) is 0 Å². The Hall–Kier alpha value is -1.83. The fourth-order valence-electron chi connectivity index (χ4n) is 1.45. The van der Waals surface area contributed by atoms with Gasteiger partial charge in [0.25, 0.3) is 0 Å². The molecule has 0 atom stereocenters. The zero-order chi connectivity index (χ0) is 16.4. The first-order chi connectivity index (χ1) is 10.4. The smallest absolute Gasteiger partial charge is 0.407 e. The van der Waals surface area contributed by atoms with Crippen molar-refractivity contribution < 1.29 is 19.1 Å². The van der Waals surface area contributed by atoms with Gasteiger partial charge in [0, 0.05) is 19.3 Å². The average molecular weight is 329 g/mol. The number of hydrogen-bond donors (Lipinski definition) is 2. The van der Waals surface area contributed by atoms with Crippen LogP contribution in [0.1, 0.15) is 38.5 Å². The van der Waals surface area contributed by atoms with Crippen LogP contribution >= 0.6 is 11.3 Å². The molecular formula is C14H23N3O4S. The molecular weight excluding hydrogens is 306 g/mol. The minimum absolute atomic E-state index is 0.233. The lowest BCUT2D eigenvalue weighted by atomic mass is 10.2. The molecule has 2 amide bonds. The van der Waals surface area contributed by atoms with Crippen LogP contribution in [-0.2, 0) is 16.1 Å². The van der Waals surface area contributed by atoms with Gasteiger partial charge in [-0.05, 0) is 33.6 Å². The van der Waals surface area contributed by atoms with Gasteiger partial charge in [0.05, 0.1) is 10.4 Å². The fourth-order valence-corrected chi connectivity index (χ4v) is 1.95. The van der Waals surface area contributed by atoms with Crippen molar-refractivity contribution >= 4 is 23.5 Å². The molecule has 0 aliphatic heterocycles. The molecule has 1 aromatic heterocycles. The Morgan fingerprint density at radius 3 is 2.36 bits per heavy atom. The number of nitrogens with one attached hydrogen (secondary N) is 2. The van der Waals surface area contributed by atoms with Gasteiger partial charge in [-0.15, -0.1) is 11.3 Å². The quantitative estimate of drug-likeness (QED) is 0.751. The number of carbonyl (C=O) groups excluding carboxylic acids is 2. The van der Waals surface area contributed by atoms with Gasteiger partial charge in [-0.1, -0.05) is 0 Å². The molecule has 22 heavy (non-hydrogen) atoms. The van der Waals surface area contributed by atoms with Gasteiger partial charge in [-0.3, -0.25) is 4.98 Å². The van der Waals surface area contributed by atoms with E-state index in [0.29, 0.717) is 13.1 Å². The van der Waals surface area contributed by atoms with Gasteiger partial charge in [0.1, 0.15) is 12.2 Å². The number of ether oxygens (including phenoxy) is 2. The highest BCUT2D eigenvalue weighted by Crippen LogP contribution is 2.07. The van der Waals surface area contributed by atoms with Crippen LogP contribution in [-0.4, -0.2) is 35.9 Å². The maximum absolute atomic E-state index is 11.4. The highest BCUT2D eigenvalue weighted by molar-refractivity contribution is 7.09. The standard InChI is InChI=1S/C14H23N3O4S/c1-14(2,3)21-13(19)17-7-5-4-6-16-12(18)20-9-11-8-15-10-22-11/h8,10H,4-7,9H2,1-3H3,(H,16,18)(H,17,19). The van der Waals surface area contributed by atoms with Crippen molar-refractivity contribution in [2.75, 3.05) is 13.1 Å². The minimum Gasteiger partial charge on any atom is -0.444 e. The predicted molar refractivity (Wildman–Crippen MR) is 83.8 cm³/mol. The van der Waals surface area contributed by atoms with E-state index in [9.17, 15) is 9.59 Å². The number of aromatic nitrogens is 1. The van der Waals surface area contributed by atoms with Crippen LogP contribution < -0.4 is 10.6 Å². The van der Waals surface area contributed by atoms with Crippen molar-refractivity contribution in [3.8, 4) is 0 Å². The Bertz CT molecular complexity index is 457. The maximum atomic E-state index is 11.4. The Morgan fingerprint density at radius 2 is 1.82 bits per heavy atom. The fraction of sp³-hybridized carbons (Fsp3) is 0.643. The summed E-state index contributed by atoms with van der Waals surface area (Å²) in [5, 5.41) is 5.31. The van der Waals surface area contributed by atoms with E-state index in [1.807, 2.05) is 20.8 Å². The number of rotatable bonds is 7. The second-order valence-electron chi connectivity index (χ2n) is 5.61. The van der Waals surface area contributed by atoms with Crippen molar-refractivity contribution in [2.45, 2.75) is 45.8 Å². The molecule has 0 spiro atoms. The highest BCUT2D eigenvalue weighted by Gasteiger charge is 2.15. The largest absolute Gasteiger partial charge is 0.444 e. The first-order valence-electron chi connectivity index (χ1n) is 7.11. The number of hydrogen-bond acceptors (Lipinski definition) is 6. The molecule has 1 aromatic rings. The Morgan fingerprint density at radius 1 is 1.18 bits per heavy atom. The van der Waals surface area contributed by atoms with Gasteiger partial charge in [-0.25, -0.2) is 9.59 Å². The lowest BCUT2D eigenvalue weighted by Crippen LogP contribution is -2.33. The van der Waals surface area contributed by atoms with E-state index in [1.54, 1.807) is 11.7 Å². The van der Waals surface area contributed by atoms with Crippen molar-refractivity contribution in [2.24, 2.45) is 0 Å². The number of unbranched alkanes of at least 4 members (excludes halogenated alkanes) is 1. The summed E-state index contributed by atoms with van der Waals surface area (Å²) in [6.07, 6.45) is 2.28. The molecule has 0 unspecified atom stereocenters. The summed E-state index contributed by atoms with van der Waals surface area (Å²) in [5.74, 6) is 0. The Kier molecular flexibility index (Phi) is 7.65. The van der Waals surface area contributed by atoms with E-state index in [1.165, 1.54) is 11.3 Å². The van der Waals surface area contributed by atoms with Crippen LogP contribution in [0.3, 0.4) is 0 Å². The summed E-state index contributed by atoms with van der Waals surface area (Å²) in [6, 6.07) is 0. The molecule has 0 saturated carbocycles. The molecule has 1 rings (SSSR count). The maximum Gasteiger partial charge on any atom is 0.407 e. The third-order valence-electron chi connectivity index (χ3n) is 2.37. The Balaban J connectivity index is 1.96. The number of alkyl carbamates (subject to hydrolysis) is 2. The van der Waals surface area contributed by atoms with Crippen LogP contribution in [0.5, 0.6) is 0 Å². The van der Waals surface area contributed by atoms with Crippen molar-refractivity contribution in [3.05, 3.63) is 16.6 Å². The molecule has 2 N–H and O–H groups in total. The van der Waals surface area contributed by atoms with Crippen LogP contribution in [0, 0.1) is 0 Å². The zero-order valence-electron chi connectivity index (χ0n) is 13.2. The third kappa shape index (κ3) is 9.17. The van der Waals surface area contributed by atoms with E-state index in [4.69, 9.17) is 9.47 Å². The molecule has 1 heterocycles. The van der Waals surface area contributed by atoms with Gasteiger partial charge >= 0.3 is 12.2 Å². The second kappa shape index (κ2) is 9.24. The molecule has 7 nitrogen and oxygen atoms in total. The molecule has 0 bridgehead atoms. The van der Waals surface area contributed by atoms with Gasteiger partial charge in [0.2, 0.25) is 0 Å². The monoisotopic (exact) mass is 329 g/mol. The number of nitrogens with zero attached hydrogens (tertiary/aromatic N) is 1. The summed E-state index contributed by atoms with van der Waals surface area (Å²) < 4.78 is 10.1. The minimum atomic E-state index is -0.493.